The normalized spacial score (nSPS) is 12.6. The number of anilines is 1. The first-order chi connectivity index (χ1) is 9.28. The Morgan fingerprint density at radius 2 is 2.10 bits per heavy atom. The Hall–Kier alpha value is -1.44. The maximum absolute atomic E-state index is 12.6. The molecule has 0 aliphatic carbocycles. The van der Waals surface area contributed by atoms with Crippen LogP contribution in [0.4, 0.5) is 18.9 Å². The van der Waals surface area contributed by atoms with E-state index in [4.69, 9.17) is 10.9 Å². The van der Waals surface area contributed by atoms with Crippen molar-refractivity contribution in [3.8, 4) is 0 Å². The molecule has 1 aromatic rings. The Balaban J connectivity index is 3.09. The van der Waals surface area contributed by atoms with Gasteiger partial charge in [0.1, 0.15) is 6.54 Å². The number of nitrogens with zero attached hydrogens (tertiary/aromatic N) is 2. The zero-order chi connectivity index (χ0) is 15.3. The first-order valence-corrected chi connectivity index (χ1v) is 6.67. The molecule has 0 unspecified atom stereocenters. The van der Waals surface area contributed by atoms with Crippen LogP contribution in [-0.4, -0.2) is 30.3 Å². The predicted molar refractivity (Wildman–Crippen MR) is 75.2 cm³/mol. The average Bonchev–Trinajstić information content (AvgIpc) is 2.35. The van der Waals surface area contributed by atoms with Crippen LogP contribution >= 0.6 is 15.9 Å². The Labute approximate surface area is 123 Å². The molecule has 0 aliphatic rings. The topological polar surface area (TPSA) is 61.8 Å². The molecule has 4 nitrogen and oxygen atoms in total. The van der Waals surface area contributed by atoms with Gasteiger partial charge in [-0.2, -0.15) is 13.2 Å². The minimum atomic E-state index is -4.28. The van der Waals surface area contributed by atoms with Gasteiger partial charge in [0.15, 0.2) is 5.84 Å². The minimum Gasteiger partial charge on any atom is -0.409 e. The summed E-state index contributed by atoms with van der Waals surface area (Å²) >= 11 is 3.22. The van der Waals surface area contributed by atoms with Crippen LogP contribution in [0.15, 0.2) is 27.8 Å². The summed E-state index contributed by atoms with van der Waals surface area (Å²) < 4.78 is 38.2. The van der Waals surface area contributed by atoms with Crippen molar-refractivity contribution in [1.29, 1.82) is 0 Å². The molecule has 0 radical (unpaired) electrons. The first-order valence-electron chi connectivity index (χ1n) is 5.87. The molecule has 20 heavy (non-hydrogen) atoms. The Bertz CT molecular complexity index is 491. The van der Waals surface area contributed by atoms with Crippen LogP contribution in [-0.2, 0) is 0 Å². The van der Waals surface area contributed by atoms with E-state index >= 15 is 0 Å². The summed E-state index contributed by atoms with van der Waals surface area (Å²) in [5, 5.41) is 11.4. The highest BCUT2D eigenvalue weighted by Gasteiger charge is 2.31. The molecule has 0 bridgehead atoms. The smallest absolute Gasteiger partial charge is 0.405 e. The van der Waals surface area contributed by atoms with E-state index in [1.165, 1.54) is 23.1 Å². The zero-order valence-electron chi connectivity index (χ0n) is 10.8. The van der Waals surface area contributed by atoms with E-state index in [1.807, 2.05) is 6.92 Å². The zero-order valence-corrected chi connectivity index (χ0v) is 12.4. The Morgan fingerprint density at radius 1 is 1.45 bits per heavy atom. The number of hydrogen-bond donors (Lipinski definition) is 2. The summed E-state index contributed by atoms with van der Waals surface area (Å²) in [6.45, 7) is 1.06. The average molecular weight is 354 g/mol. The molecule has 112 valence electrons. The van der Waals surface area contributed by atoms with E-state index < -0.39 is 12.7 Å². The van der Waals surface area contributed by atoms with Crippen LogP contribution < -0.4 is 10.6 Å². The van der Waals surface area contributed by atoms with Gasteiger partial charge in [0, 0.05) is 16.6 Å². The van der Waals surface area contributed by atoms with Crippen molar-refractivity contribution in [3.63, 3.8) is 0 Å². The molecule has 1 aromatic carbocycles. The highest BCUT2D eigenvalue weighted by Crippen LogP contribution is 2.30. The van der Waals surface area contributed by atoms with Gasteiger partial charge in [0.05, 0.1) is 5.69 Å². The summed E-state index contributed by atoms with van der Waals surface area (Å²) in [6.07, 6.45) is -3.69. The molecule has 0 aliphatic heterocycles. The Kier molecular flexibility index (Phi) is 5.67. The number of rotatable bonds is 5. The van der Waals surface area contributed by atoms with Crippen molar-refractivity contribution in [1.82, 2.24) is 0 Å². The lowest BCUT2D eigenvalue weighted by molar-refractivity contribution is -0.119. The molecule has 0 heterocycles. The van der Waals surface area contributed by atoms with E-state index in [0.29, 0.717) is 22.1 Å². The third-order valence-electron chi connectivity index (χ3n) is 2.56. The van der Waals surface area contributed by atoms with Gasteiger partial charge in [-0.25, -0.2) is 0 Å². The molecular weight excluding hydrogens is 339 g/mol. The number of hydrogen-bond acceptors (Lipinski definition) is 3. The van der Waals surface area contributed by atoms with Crippen molar-refractivity contribution >= 4 is 27.5 Å². The fraction of sp³-hybridized carbons (Fsp3) is 0.417. The second-order valence-corrected chi connectivity index (χ2v) is 5.04. The molecule has 3 N–H and O–H groups in total. The molecule has 0 saturated heterocycles. The van der Waals surface area contributed by atoms with Crippen molar-refractivity contribution in [3.05, 3.63) is 28.2 Å². The number of amidine groups is 1. The van der Waals surface area contributed by atoms with Crippen LogP contribution in [0.1, 0.15) is 18.9 Å². The Morgan fingerprint density at radius 3 is 2.55 bits per heavy atom. The van der Waals surface area contributed by atoms with Crippen LogP contribution in [0.5, 0.6) is 0 Å². The number of nitrogens with two attached hydrogens (primary N) is 1. The standard InChI is InChI=1S/C12H15BrF3N3O/c1-2-5-19(7-12(14,15)16)10-4-3-8(6-9(10)13)11(17)18-20/h3-4,6,20H,2,5,7H2,1H3,(H2,17,18). The molecule has 1 rings (SSSR count). The number of benzene rings is 1. The molecule has 0 fully saturated rings. The van der Waals surface area contributed by atoms with E-state index in [2.05, 4.69) is 21.1 Å². The van der Waals surface area contributed by atoms with Gasteiger partial charge in [0.2, 0.25) is 0 Å². The lowest BCUT2D eigenvalue weighted by atomic mass is 10.1. The number of alkyl halides is 3. The maximum atomic E-state index is 12.6. The maximum Gasteiger partial charge on any atom is 0.405 e. The van der Waals surface area contributed by atoms with Gasteiger partial charge in [-0.15, -0.1) is 0 Å². The molecule has 0 amide bonds. The molecule has 0 saturated carbocycles. The molecule has 0 aromatic heterocycles. The molecule has 8 heteroatoms. The molecule has 0 atom stereocenters. The summed E-state index contributed by atoms with van der Waals surface area (Å²) in [5.41, 5.74) is 6.27. The van der Waals surface area contributed by atoms with Crippen molar-refractivity contribution < 1.29 is 18.4 Å². The van der Waals surface area contributed by atoms with Crippen LogP contribution in [0, 0.1) is 0 Å². The summed E-state index contributed by atoms with van der Waals surface area (Å²) in [7, 11) is 0. The van der Waals surface area contributed by atoms with Gasteiger partial charge in [0.25, 0.3) is 0 Å². The van der Waals surface area contributed by atoms with Crippen molar-refractivity contribution in [2.45, 2.75) is 19.5 Å². The van der Waals surface area contributed by atoms with Gasteiger partial charge < -0.3 is 15.8 Å². The van der Waals surface area contributed by atoms with Crippen LogP contribution in [0.2, 0.25) is 0 Å². The highest BCUT2D eigenvalue weighted by molar-refractivity contribution is 9.10. The minimum absolute atomic E-state index is 0.102. The van der Waals surface area contributed by atoms with Gasteiger partial charge in [-0.3, -0.25) is 0 Å². The second-order valence-electron chi connectivity index (χ2n) is 4.19. The summed E-state index contributed by atoms with van der Waals surface area (Å²) in [5.74, 6) is -0.102. The SMILES string of the molecule is CCCN(CC(F)(F)F)c1ccc(/C(N)=N/O)cc1Br. The fourth-order valence-corrected chi connectivity index (χ4v) is 2.38. The third kappa shape index (κ3) is 4.59. The lowest BCUT2D eigenvalue weighted by Crippen LogP contribution is -2.35. The largest absolute Gasteiger partial charge is 0.409 e. The van der Waals surface area contributed by atoms with Crippen LogP contribution in [0.3, 0.4) is 0 Å². The van der Waals surface area contributed by atoms with E-state index in [0.717, 1.165) is 0 Å². The predicted octanol–water partition coefficient (Wildman–Crippen LogP) is 3.32. The quantitative estimate of drug-likeness (QED) is 0.369. The first kappa shape index (κ1) is 16.6. The summed E-state index contributed by atoms with van der Waals surface area (Å²) in [6, 6.07) is 4.54. The van der Waals surface area contributed by atoms with Gasteiger partial charge >= 0.3 is 6.18 Å². The highest BCUT2D eigenvalue weighted by atomic mass is 79.9. The molecule has 0 spiro atoms. The van der Waals surface area contributed by atoms with Gasteiger partial charge in [-0.05, 0) is 40.5 Å². The molecular formula is C12H15BrF3N3O. The van der Waals surface area contributed by atoms with Crippen molar-refractivity contribution in [2.24, 2.45) is 10.9 Å². The van der Waals surface area contributed by atoms with E-state index in [9.17, 15) is 13.2 Å². The van der Waals surface area contributed by atoms with Gasteiger partial charge in [-0.1, -0.05) is 12.1 Å². The monoisotopic (exact) mass is 353 g/mol. The van der Waals surface area contributed by atoms with Crippen molar-refractivity contribution in [2.75, 3.05) is 18.0 Å². The lowest BCUT2D eigenvalue weighted by Gasteiger charge is -2.26. The third-order valence-corrected chi connectivity index (χ3v) is 3.19. The number of oxime groups is 1. The fourth-order valence-electron chi connectivity index (χ4n) is 1.75. The second kappa shape index (κ2) is 6.83. The van der Waals surface area contributed by atoms with E-state index in [1.54, 1.807) is 0 Å². The number of halogens is 4. The van der Waals surface area contributed by atoms with E-state index in [-0.39, 0.29) is 12.4 Å². The van der Waals surface area contributed by atoms with Crippen LogP contribution in [0.25, 0.3) is 0 Å². The summed E-state index contributed by atoms with van der Waals surface area (Å²) in [4.78, 5) is 1.24.